The van der Waals surface area contributed by atoms with E-state index in [1.807, 2.05) is 32.0 Å². The average molecular weight is 314 g/mol. The molecule has 1 N–H and O–H groups in total. The molecule has 0 saturated carbocycles. The molecule has 2 aromatic rings. The van der Waals surface area contributed by atoms with Crippen molar-refractivity contribution >= 4 is 11.8 Å². The summed E-state index contributed by atoms with van der Waals surface area (Å²) in [5.41, 5.74) is 2.81. The summed E-state index contributed by atoms with van der Waals surface area (Å²) >= 11 is 1.41. The van der Waals surface area contributed by atoms with Crippen molar-refractivity contribution in [3.8, 4) is 11.8 Å². The Morgan fingerprint density at radius 1 is 1.32 bits per heavy atom. The van der Waals surface area contributed by atoms with Gasteiger partial charge in [-0.15, -0.1) is 11.8 Å². The van der Waals surface area contributed by atoms with Gasteiger partial charge in [-0.25, -0.2) is 4.98 Å². The number of hydrogen-bond acceptors (Lipinski definition) is 5. The molecule has 1 unspecified atom stereocenters. The first kappa shape index (κ1) is 16.3. The fourth-order valence-electron chi connectivity index (χ4n) is 1.93. The molecule has 0 bridgehead atoms. The van der Waals surface area contributed by atoms with Crippen LogP contribution in [-0.4, -0.2) is 28.6 Å². The van der Waals surface area contributed by atoms with Crippen LogP contribution < -0.4 is 4.74 Å². The lowest BCUT2D eigenvalue weighted by molar-refractivity contribution is 0.126. The van der Waals surface area contributed by atoms with Gasteiger partial charge in [0.25, 0.3) is 0 Å². The number of benzene rings is 1. The predicted octanol–water partition coefficient (Wildman–Crippen LogP) is 3.10. The summed E-state index contributed by atoms with van der Waals surface area (Å²) in [5.74, 6) is 1.26. The van der Waals surface area contributed by atoms with Gasteiger partial charge >= 0.3 is 0 Å². The summed E-state index contributed by atoms with van der Waals surface area (Å²) in [6.07, 6.45) is 0.998. The van der Waals surface area contributed by atoms with Crippen molar-refractivity contribution in [1.29, 1.82) is 5.26 Å². The maximum Gasteiger partial charge on any atom is 0.122 e. The van der Waals surface area contributed by atoms with Crippen molar-refractivity contribution in [3.05, 3.63) is 53.2 Å². The minimum absolute atomic E-state index is 0.231. The molecule has 114 valence electrons. The Labute approximate surface area is 134 Å². The second-order valence-electron chi connectivity index (χ2n) is 5.04. The van der Waals surface area contributed by atoms with Crippen LogP contribution in [0, 0.1) is 25.2 Å². The number of aromatic nitrogens is 1. The van der Waals surface area contributed by atoms with Gasteiger partial charge in [0.1, 0.15) is 12.4 Å². The zero-order valence-corrected chi connectivity index (χ0v) is 13.4. The third-order valence-corrected chi connectivity index (χ3v) is 4.12. The molecule has 4 nitrogen and oxygen atoms in total. The third-order valence-electron chi connectivity index (χ3n) is 3.05. The zero-order valence-electron chi connectivity index (χ0n) is 12.6. The van der Waals surface area contributed by atoms with Gasteiger partial charge in [0.05, 0.1) is 22.8 Å². The van der Waals surface area contributed by atoms with E-state index in [1.54, 1.807) is 18.3 Å². The van der Waals surface area contributed by atoms with Crippen molar-refractivity contribution in [2.75, 3.05) is 12.4 Å². The van der Waals surface area contributed by atoms with Crippen LogP contribution in [0.4, 0.5) is 0 Å². The monoisotopic (exact) mass is 314 g/mol. The number of aliphatic hydroxyl groups is 1. The second-order valence-corrected chi connectivity index (χ2v) is 6.08. The summed E-state index contributed by atoms with van der Waals surface area (Å²) in [5, 5.41) is 19.6. The lowest BCUT2D eigenvalue weighted by Crippen LogP contribution is -2.20. The van der Waals surface area contributed by atoms with E-state index in [4.69, 9.17) is 10.00 Å². The van der Waals surface area contributed by atoms with Crippen LogP contribution >= 0.6 is 11.8 Å². The molecule has 0 aliphatic rings. The third kappa shape index (κ3) is 4.76. The molecule has 0 aliphatic heterocycles. The normalized spacial score (nSPS) is 11.7. The summed E-state index contributed by atoms with van der Waals surface area (Å²) in [7, 11) is 0. The van der Waals surface area contributed by atoms with E-state index >= 15 is 0 Å². The fourth-order valence-corrected chi connectivity index (χ4v) is 2.74. The van der Waals surface area contributed by atoms with E-state index in [-0.39, 0.29) is 6.61 Å². The lowest BCUT2D eigenvalue weighted by atomic mass is 10.1. The number of nitrogens with zero attached hydrogens (tertiary/aromatic N) is 2. The van der Waals surface area contributed by atoms with E-state index in [0.717, 1.165) is 16.3 Å². The van der Waals surface area contributed by atoms with E-state index < -0.39 is 6.10 Å². The number of hydrogen-bond donors (Lipinski definition) is 1. The molecule has 2 rings (SSSR count). The lowest BCUT2D eigenvalue weighted by Gasteiger charge is -2.13. The molecule has 5 heteroatoms. The molecule has 0 fully saturated rings. The Morgan fingerprint density at radius 3 is 2.86 bits per heavy atom. The first-order chi connectivity index (χ1) is 10.6. The van der Waals surface area contributed by atoms with Gasteiger partial charge in [-0.2, -0.15) is 5.26 Å². The largest absolute Gasteiger partial charge is 0.491 e. The van der Waals surface area contributed by atoms with Crippen molar-refractivity contribution in [2.45, 2.75) is 25.0 Å². The summed E-state index contributed by atoms with van der Waals surface area (Å²) in [6.45, 7) is 4.25. The number of pyridine rings is 1. The second kappa shape index (κ2) is 7.83. The van der Waals surface area contributed by atoms with Crippen LogP contribution in [0.5, 0.6) is 5.75 Å². The fraction of sp³-hybridized carbons (Fsp3) is 0.294. The van der Waals surface area contributed by atoms with Gasteiger partial charge in [0, 0.05) is 11.9 Å². The molecular weight excluding hydrogens is 296 g/mol. The van der Waals surface area contributed by atoms with Gasteiger partial charge in [0.15, 0.2) is 0 Å². The quantitative estimate of drug-likeness (QED) is 0.830. The molecule has 22 heavy (non-hydrogen) atoms. The number of aliphatic hydroxyl groups excluding tert-OH is 1. The predicted molar refractivity (Wildman–Crippen MR) is 87.1 cm³/mol. The molecule has 1 aromatic heterocycles. The highest BCUT2D eigenvalue weighted by molar-refractivity contribution is 7.99. The number of ether oxygens (including phenoxy) is 1. The molecule has 1 aromatic carbocycles. The maximum absolute atomic E-state index is 10.0. The van der Waals surface area contributed by atoms with Crippen LogP contribution in [0.3, 0.4) is 0 Å². The molecule has 0 aliphatic carbocycles. The highest BCUT2D eigenvalue weighted by Gasteiger charge is 2.09. The van der Waals surface area contributed by atoms with Gasteiger partial charge in [0.2, 0.25) is 0 Å². The molecule has 0 spiro atoms. The minimum atomic E-state index is -0.599. The van der Waals surface area contributed by atoms with Gasteiger partial charge in [-0.1, -0.05) is 17.7 Å². The zero-order chi connectivity index (χ0) is 15.9. The summed E-state index contributed by atoms with van der Waals surface area (Å²) in [6, 6.07) is 11.4. The van der Waals surface area contributed by atoms with E-state index in [0.29, 0.717) is 11.3 Å². The van der Waals surface area contributed by atoms with Crippen molar-refractivity contribution in [1.82, 2.24) is 4.98 Å². The topological polar surface area (TPSA) is 66.1 Å². The van der Waals surface area contributed by atoms with Crippen molar-refractivity contribution in [2.24, 2.45) is 0 Å². The Bertz CT molecular complexity index is 683. The molecular formula is C17H18N2O2S. The van der Waals surface area contributed by atoms with Gasteiger partial charge in [-0.3, -0.25) is 0 Å². The highest BCUT2D eigenvalue weighted by Crippen LogP contribution is 2.20. The van der Waals surface area contributed by atoms with E-state index in [9.17, 15) is 5.11 Å². The Kier molecular flexibility index (Phi) is 5.82. The molecule has 1 atom stereocenters. The molecule has 0 radical (unpaired) electrons. The van der Waals surface area contributed by atoms with E-state index in [2.05, 4.69) is 11.1 Å². The molecule has 0 saturated heterocycles. The first-order valence-corrected chi connectivity index (χ1v) is 7.94. The van der Waals surface area contributed by atoms with Crippen LogP contribution in [0.1, 0.15) is 16.7 Å². The Hall–Kier alpha value is -2.03. The number of thioether (sulfide) groups is 1. The summed E-state index contributed by atoms with van der Waals surface area (Å²) in [4.78, 5) is 4.16. The molecule has 1 heterocycles. The number of nitriles is 1. The standard InChI is InChI=1S/C17H18N2O2S/c1-12-3-4-16(13(2)7-12)21-10-15(20)11-22-17-8-14(9-18)5-6-19-17/h3-8,15,20H,10-11H2,1-2H3. The SMILES string of the molecule is Cc1ccc(OCC(O)CSc2cc(C#N)ccn2)c(C)c1. The highest BCUT2D eigenvalue weighted by atomic mass is 32.2. The molecule has 0 amide bonds. The smallest absolute Gasteiger partial charge is 0.122 e. The van der Waals surface area contributed by atoms with Crippen LogP contribution in [-0.2, 0) is 0 Å². The van der Waals surface area contributed by atoms with E-state index in [1.165, 1.54) is 17.3 Å². The van der Waals surface area contributed by atoms with Crippen molar-refractivity contribution in [3.63, 3.8) is 0 Å². The van der Waals surface area contributed by atoms with Crippen LogP contribution in [0.15, 0.2) is 41.6 Å². The van der Waals surface area contributed by atoms with Gasteiger partial charge < -0.3 is 9.84 Å². The minimum Gasteiger partial charge on any atom is -0.491 e. The average Bonchev–Trinajstić information content (AvgIpc) is 2.52. The number of rotatable bonds is 6. The number of aryl methyl sites for hydroxylation is 2. The van der Waals surface area contributed by atoms with Crippen LogP contribution in [0.2, 0.25) is 0 Å². The van der Waals surface area contributed by atoms with Crippen molar-refractivity contribution < 1.29 is 9.84 Å². The first-order valence-electron chi connectivity index (χ1n) is 6.95. The van der Waals surface area contributed by atoms with Crippen LogP contribution in [0.25, 0.3) is 0 Å². The Balaban J connectivity index is 1.83. The summed E-state index contributed by atoms with van der Waals surface area (Å²) < 4.78 is 5.65. The van der Waals surface area contributed by atoms with Gasteiger partial charge in [-0.05, 0) is 37.6 Å². The Morgan fingerprint density at radius 2 is 2.14 bits per heavy atom. The maximum atomic E-state index is 10.0.